The average Bonchev–Trinajstić information content (AvgIpc) is 1.87. The number of hydrogen-bond donors (Lipinski definition) is 0. The molecule has 0 saturated heterocycles. The minimum absolute atomic E-state index is 0.551. The third-order valence-corrected chi connectivity index (χ3v) is 1.75. The van der Waals surface area contributed by atoms with Crippen molar-refractivity contribution in [2.24, 2.45) is 0 Å². The fraction of sp³-hybridized carbons (Fsp3) is 0.600. The molecule has 0 heterocycles. The van der Waals surface area contributed by atoms with Crippen molar-refractivity contribution in [3.63, 3.8) is 0 Å². The first-order valence-electron chi connectivity index (χ1n) is 2.63. The summed E-state index contributed by atoms with van der Waals surface area (Å²) in [6, 6.07) is 0. The van der Waals surface area contributed by atoms with Crippen LogP contribution in [-0.4, -0.2) is 21.6 Å². The first-order valence-corrected chi connectivity index (χ1v) is 3.96. The van der Waals surface area contributed by atoms with E-state index in [0.717, 1.165) is 7.11 Å². The highest BCUT2D eigenvalue weighted by atomic mass is 32.3. The smallest absolute Gasteiger partial charge is 0.252 e. The van der Waals surface area contributed by atoms with Crippen LogP contribution in [0.15, 0.2) is 12.7 Å². The van der Waals surface area contributed by atoms with Crippen LogP contribution in [0.5, 0.6) is 0 Å². The predicted molar refractivity (Wildman–Crippen MR) is 36.7 cm³/mol. The summed E-state index contributed by atoms with van der Waals surface area (Å²) < 4.78 is 29.3. The van der Waals surface area contributed by atoms with Crippen LogP contribution in [0.1, 0.15) is 6.92 Å². The molecule has 0 amide bonds. The Morgan fingerprint density at radius 2 is 2.10 bits per heavy atom. The van der Waals surface area contributed by atoms with Crippen molar-refractivity contribution >= 4 is 10.4 Å². The van der Waals surface area contributed by atoms with Gasteiger partial charge in [-0.3, -0.25) is 4.18 Å². The molecule has 5 heteroatoms. The molecule has 0 radical (unpaired) electrons. The van der Waals surface area contributed by atoms with Crippen LogP contribution in [0.4, 0.5) is 0 Å². The molecule has 0 rings (SSSR count). The summed E-state index contributed by atoms with van der Waals surface area (Å²) >= 11 is 0. The molecule has 0 saturated carbocycles. The highest BCUT2D eigenvalue weighted by molar-refractivity contribution is 7.81. The lowest BCUT2D eigenvalue weighted by Gasteiger charge is -2.04. The fourth-order valence-electron chi connectivity index (χ4n) is 0.264. The van der Waals surface area contributed by atoms with Gasteiger partial charge in [0.25, 0.3) is 0 Å². The highest BCUT2D eigenvalue weighted by Crippen LogP contribution is 1.99. The average molecular weight is 166 g/mol. The van der Waals surface area contributed by atoms with Crippen molar-refractivity contribution in [3.8, 4) is 0 Å². The molecule has 0 aromatic rings. The maximum Gasteiger partial charge on any atom is 0.400 e. The van der Waals surface area contributed by atoms with Crippen LogP contribution < -0.4 is 0 Å². The van der Waals surface area contributed by atoms with Gasteiger partial charge in [-0.2, -0.15) is 8.42 Å². The Hall–Kier alpha value is -0.390. The van der Waals surface area contributed by atoms with Crippen LogP contribution >= 0.6 is 0 Å². The van der Waals surface area contributed by atoms with E-state index >= 15 is 0 Å². The Morgan fingerprint density at radius 1 is 1.60 bits per heavy atom. The van der Waals surface area contributed by atoms with E-state index in [-0.39, 0.29) is 0 Å². The van der Waals surface area contributed by atoms with Gasteiger partial charge in [0, 0.05) is 0 Å². The Balaban J connectivity index is 4.02. The van der Waals surface area contributed by atoms with Gasteiger partial charge in [-0.25, -0.2) is 4.18 Å². The Morgan fingerprint density at radius 3 is 2.40 bits per heavy atom. The second-order valence-electron chi connectivity index (χ2n) is 1.61. The Bertz CT molecular complexity index is 194. The van der Waals surface area contributed by atoms with E-state index in [0.29, 0.717) is 0 Å². The molecule has 0 aromatic carbocycles. The Labute approximate surface area is 60.8 Å². The van der Waals surface area contributed by atoms with E-state index < -0.39 is 16.5 Å². The van der Waals surface area contributed by atoms with Crippen LogP contribution in [0.25, 0.3) is 0 Å². The van der Waals surface area contributed by atoms with E-state index in [9.17, 15) is 8.42 Å². The topological polar surface area (TPSA) is 52.6 Å². The molecule has 4 nitrogen and oxygen atoms in total. The molecule has 0 aromatic heterocycles. The van der Waals surface area contributed by atoms with E-state index in [1.165, 1.54) is 6.08 Å². The monoisotopic (exact) mass is 166 g/mol. The van der Waals surface area contributed by atoms with Crippen molar-refractivity contribution < 1.29 is 16.8 Å². The molecule has 0 aliphatic carbocycles. The summed E-state index contributed by atoms with van der Waals surface area (Å²) in [4.78, 5) is 0. The van der Waals surface area contributed by atoms with E-state index in [1.807, 2.05) is 0 Å². The zero-order valence-electron chi connectivity index (χ0n) is 5.90. The molecule has 10 heavy (non-hydrogen) atoms. The van der Waals surface area contributed by atoms with E-state index in [1.54, 1.807) is 6.92 Å². The molecule has 60 valence electrons. The lowest BCUT2D eigenvalue weighted by molar-refractivity contribution is 0.215. The van der Waals surface area contributed by atoms with Crippen LogP contribution in [-0.2, 0) is 18.8 Å². The van der Waals surface area contributed by atoms with Gasteiger partial charge in [-0.05, 0) is 6.92 Å². The SMILES string of the molecule is C=CC(C)OS(=O)(=O)OC. The molecular weight excluding hydrogens is 156 g/mol. The van der Waals surface area contributed by atoms with Gasteiger partial charge in [-0.1, -0.05) is 6.08 Å². The minimum Gasteiger partial charge on any atom is -0.252 e. The second kappa shape index (κ2) is 3.70. The highest BCUT2D eigenvalue weighted by Gasteiger charge is 2.11. The van der Waals surface area contributed by atoms with Crippen molar-refractivity contribution in [1.82, 2.24) is 0 Å². The van der Waals surface area contributed by atoms with E-state index in [4.69, 9.17) is 0 Å². The third-order valence-electron chi connectivity index (χ3n) is 0.806. The summed E-state index contributed by atoms with van der Waals surface area (Å²) in [5.41, 5.74) is 0. The van der Waals surface area contributed by atoms with Gasteiger partial charge in [0.2, 0.25) is 0 Å². The van der Waals surface area contributed by atoms with Crippen LogP contribution in [0.2, 0.25) is 0 Å². The maximum atomic E-state index is 10.5. The molecule has 1 unspecified atom stereocenters. The number of hydrogen-bond acceptors (Lipinski definition) is 4. The fourth-order valence-corrected chi connectivity index (χ4v) is 0.793. The largest absolute Gasteiger partial charge is 0.400 e. The van der Waals surface area contributed by atoms with Gasteiger partial charge in [0.15, 0.2) is 0 Å². The molecule has 0 spiro atoms. The van der Waals surface area contributed by atoms with Gasteiger partial charge < -0.3 is 0 Å². The van der Waals surface area contributed by atoms with Crippen molar-refractivity contribution in [2.75, 3.05) is 7.11 Å². The zero-order chi connectivity index (χ0) is 8.20. The minimum atomic E-state index is -3.80. The lowest BCUT2D eigenvalue weighted by Crippen LogP contribution is -2.13. The molecule has 1 atom stereocenters. The summed E-state index contributed by atoms with van der Waals surface area (Å²) in [7, 11) is -2.77. The first-order chi connectivity index (χ1) is 4.52. The summed E-state index contributed by atoms with van der Waals surface area (Å²) in [6.45, 7) is 4.88. The third kappa shape index (κ3) is 3.60. The van der Waals surface area contributed by atoms with Crippen molar-refractivity contribution in [3.05, 3.63) is 12.7 Å². The van der Waals surface area contributed by atoms with Gasteiger partial charge in [0.1, 0.15) is 0 Å². The quantitative estimate of drug-likeness (QED) is 0.569. The normalized spacial score (nSPS) is 14.6. The summed E-state index contributed by atoms with van der Waals surface area (Å²) in [5.74, 6) is 0. The lowest BCUT2D eigenvalue weighted by atomic mass is 10.4. The Kier molecular flexibility index (Phi) is 3.55. The van der Waals surface area contributed by atoms with Crippen molar-refractivity contribution in [1.29, 1.82) is 0 Å². The zero-order valence-corrected chi connectivity index (χ0v) is 6.72. The molecule has 0 fully saturated rings. The second-order valence-corrected chi connectivity index (χ2v) is 2.95. The molecule has 0 N–H and O–H groups in total. The standard InChI is InChI=1S/C5H10O4S/c1-4-5(2)9-10(6,7)8-3/h4-5H,1H2,2-3H3. The van der Waals surface area contributed by atoms with Gasteiger partial charge in [-0.15, -0.1) is 6.58 Å². The van der Waals surface area contributed by atoms with Crippen LogP contribution in [0.3, 0.4) is 0 Å². The molecule has 0 bridgehead atoms. The van der Waals surface area contributed by atoms with E-state index in [2.05, 4.69) is 14.9 Å². The predicted octanol–water partition coefficient (Wildman–Crippen LogP) is 0.469. The molecular formula is C5H10O4S. The molecule has 0 aliphatic heterocycles. The summed E-state index contributed by atoms with van der Waals surface area (Å²) in [6.07, 6.45) is 0.807. The van der Waals surface area contributed by atoms with Crippen molar-refractivity contribution in [2.45, 2.75) is 13.0 Å². The summed E-state index contributed by atoms with van der Waals surface area (Å²) in [5, 5.41) is 0. The van der Waals surface area contributed by atoms with Crippen LogP contribution in [0, 0.1) is 0 Å². The first kappa shape index (κ1) is 9.61. The van der Waals surface area contributed by atoms with Gasteiger partial charge >= 0.3 is 10.4 Å². The maximum absolute atomic E-state index is 10.5. The molecule has 0 aliphatic rings. The van der Waals surface area contributed by atoms with Gasteiger partial charge in [0.05, 0.1) is 13.2 Å². The number of rotatable bonds is 4.